The molecule has 152 valence electrons. The Morgan fingerprint density at radius 1 is 0.964 bits per heavy atom. The molecule has 1 N–H and O–H groups in total. The Hall–Kier alpha value is -3.17. The number of aliphatic carboxylic acids is 1. The van der Waals surface area contributed by atoms with Crippen LogP contribution < -0.4 is 4.90 Å². The Kier molecular flexibility index (Phi) is 6.91. The fourth-order valence-corrected chi connectivity index (χ4v) is 2.90. The third-order valence-electron chi connectivity index (χ3n) is 4.13. The van der Waals surface area contributed by atoms with Crippen LogP contribution in [0.4, 0.5) is 10.1 Å². The molecule has 0 unspecified atom stereocenters. The zero-order chi connectivity index (χ0) is 20.8. The Balaban J connectivity index is 2.12. The lowest BCUT2D eigenvalue weighted by molar-refractivity contribution is -0.183. The minimum Gasteiger partial charge on any atom is -0.478 e. The summed E-state index contributed by atoms with van der Waals surface area (Å²) in [6, 6.07) is 6.22. The second-order valence-electron chi connectivity index (χ2n) is 6.16. The van der Waals surface area contributed by atoms with Gasteiger partial charge in [0.25, 0.3) is 5.91 Å². The minimum absolute atomic E-state index is 0.150. The van der Waals surface area contributed by atoms with Gasteiger partial charge in [-0.25, -0.2) is 9.18 Å². The molecule has 0 aromatic heterocycles. The maximum absolute atomic E-state index is 13.9. The lowest BCUT2D eigenvalue weighted by Crippen LogP contribution is -2.56. The smallest absolute Gasteiger partial charge is 0.349 e. The van der Waals surface area contributed by atoms with Gasteiger partial charge >= 0.3 is 17.9 Å². The van der Waals surface area contributed by atoms with Crippen molar-refractivity contribution in [2.45, 2.75) is 26.1 Å². The normalized spacial score (nSPS) is 16.1. The van der Waals surface area contributed by atoms with E-state index in [1.54, 1.807) is 23.1 Å². The van der Waals surface area contributed by atoms with Gasteiger partial charge in [-0.2, -0.15) is 0 Å². The highest BCUT2D eigenvalue weighted by atomic mass is 19.1. The Morgan fingerprint density at radius 3 is 2.00 bits per heavy atom. The SMILES string of the molecule is CC(=O)O[C@@H](C(=O)O)[C@@H](OC(C)=O)C(=O)N1CCN(c2ccccc2F)CC1. The number of hydrogen-bond acceptors (Lipinski definition) is 7. The van der Waals surface area contributed by atoms with Crippen LogP contribution >= 0.6 is 0 Å². The van der Waals surface area contributed by atoms with Gasteiger partial charge in [-0.05, 0) is 12.1 Å². The lowest BCUT2D eigenvalue weighted by Gasteiger charge is -2.37. The number of hydrogen-bond donors (Lipinski definition) is 1. The molecule has 0 bridgehead atoms. The number of piperazine rings is 1. The first-order valence-electron chi connectivity index (χ1n) is 8.56. The van der Waals surface area contributed by atoms with Gasteiger partial charge in [-0.15, -0.1) is 0 Å². The number of ether oxygens (including phenoxy) is 2. The molecule has 1 saturated heterocycles. The molecule has 2 atom stereocenters. The summed E-state index contributed by atoms with van der Waals surface area (Å²) in [5, 5.41) is 9.28. The molecule has 0 aliphatic carbocycles. The number of halogens is 1. The van der Waals surface area contributed by atoms with E-state index in [9.17, 15) is 28.7 Å². The van der Waals surface area contributed by atoms with Crippen molar-refractivity contribution in [1.29, 1.82) is 0 Å². The summed E-state index contributed by atoms with van der Waals surface area (Å²) in [4.78, 5) is 49.8. The van der Waals surface area contributed by atoms with Crippen LogP contribution in [-0.2, 0) is 28.7 Å². The zero-order valence-corrected chi connectivity index (χ0v) is 15.5. The number of anilines is 1. The number of rotatable bonds is 6. The fourth-order valence-electron chi connectivity index (χ4n) is 2.90. The molecule has 1 aliphatic rings. The van der Waals surface area contributed by atoms with Crippen molar-refractivity contribution < 1.29 is 38.1 Å². The fraction of sp³-hybridized carbons (Fsp3) is 0.444. The number of benzene rings is 1. The quantitative estimate of drug-likeness (QED) is 0.689. The summed E-state index contributed by atoms with van der Waals surface area (Å²) < 4.78 is 23.5. The summed E-state index contributed by atoms with van der Waals surface area (Å²) in [6.45, 7) is 2.89. The number of esters is 2. The second kappa shape index (κ2) is 9.16. The van der Waals surface area contributed by atoms with Gasteiger partial charge in [0.15, 0.2) is 0 Å². The van der Waals surface area contributed by atoms with E-state index in [0.29, 0.717) is 18.8 Å². The number of carbonyl (C=O) groups excluding carboxylic acids is 3. The molecule has 2 rings (SSSR count). The van der Waals surface area contributed by atoms with Crippen LogP contribution in [-0.4, -0.2) is 72.2 Å². The van der Waals surface area contributed by atoms with Gasteiger partial charge in [0.1, 0.15) is 5.82 Å². The van der Waals surface area contributed by atoms with Gasteiger partial charge < -0.3 is 24.4 Å². The summed E-state index contributed by atoms with van der Waals surface area (Å²) in [7, 11) is 0. The third kappa shape index (κ3) is 5.18. The summed E-state index contributed by atoms with van der Waals surface area (Å²) in [6.07, 6.45) is -3.77. The van der Waals surface area contributed by atoms with Gasteiger partial charge in [0, 0.05) is 40.0 Å². The van der Waals surface area contributed by atoms with Crippen LogP contribution in [0.1, 0.15) is 13.8 Å². The highest BCUT2D eigenvalue weighted by Crippen LogP contribution is 2.21. The van der Waals surface area contributed by atoms with Crippen LogP contribution in [0.15, 0.2) is 24.3 Å². The van der Waals surface area contributed by atoms with Crippen LogP contribution in [0.2, 0.25) is 0 Å². The molecule has 1 fully saturated rings. The third-order valence-corrected chi connectivity index (χ3v) is 4.13. The monoisotopic (exact) mass is 396 g/mol. The molecule has 10 heteroatoms. The number of carbonyl (C=O) groups is 4. The van der Waals surface area contributed by atoms with E-state index in [-0.39, 0.29) is 18.9 Å². The van der Waals surface area contributed by atoms with E-state index < -0.39 is 36.0 Å². The Morgan fingerprint density at radius 2 is 1.50 bits per heavy atom. The molecule has 1 aromatic rings. The number of nitrogens with zero attached hydrogens (tertiary/aromatic N) is 2. The Labute approximate surface area is 160 Å². The maximum Gasteiger partial charge on any atom is 0.349 e. The topological polar surface area (TPSA) is 113 Å². The van der Waals surface area contributed by atoms with Gasteiger partial charge in [-0.3, -0.25) is 14.4 Å². The first-order chi connectivity index (χ1) is 13.2. The van der Waals surface area contributed by atoms with E-state index >= 15 is 0 Å². The molecular weight excluding hydrogens is 375 g/mol. The molecule has 9 nitrogen and oxygen atoms in total. The van der Waals surface area contributed by atoms with Crippen molar-refractivity contribution in [3.05, 3.63) is 30.1 Å². The van der Waals surface area contributed by atoms with E-state index in [1.807, 2.05) is 0 Å². The molecule has 1 amide bonds. The van der Waals surface area contributed by atoms with Crippen LogP contribution in [0, 0.1) is 5.82 Å². The summed E-state index contributed by atoms with van der Waals surface area (Å²) >= 11 is 0. The number of carboxylic acids is 1. The lowest BCUT2D eigenvalue weighted by atomic mass is 10.1. The van der Waals surface area contributed by atoms with Crippen molar-refractivity contribution in [3.63, 3.8) is 0 Å². The number of carboxylic acid groups (broad SMARTS) is 1. The van der Waals surface area contributed by atoms with Crippen LogP contribution in [0.3, 0.4) is 0 Å². The van der Waals surface area contributed by atoms with Crippen molar-refractivity contribution in [1.82, 2.24) is 4.90 Å². The number of para-hydroxylation sites is 1. The highest BCUT2D eigenvalue weighted by molar-refractivity contribution is 5.91. The van der Waals surface area contributed by atoms with Gasteiger partial charge in [0.05, 0.1) is 5.69 Å². The molecule has 1 aliphatic heterocycles. The molecule has 1 aromatic carbocycles. The van der Waals surface area contributed by atoms with Crippen molar-refractivity contribution in [2.75, 3.05) is 31.1 Å². The largest absolute Gasteiger partial charge is 0.478 e. The van der Waals surface area contributed by atoms with Gasteiger partial charge in [0.2, 0.25) is 12.2 Å². The minimum atomic E-state index is -1.96. The van der Waals surface area contributed by atoms with Crippen molar-refractivity contribution >= 4 is 29.5 Å². The average Bonchev–Trinajstić information content (AvgIpc) is 2.64. The first kappa shape index (κ1) is 21.1. The standard InChI is InChI=1S/C18H21FN2O7/c1-11(22)27-15(16(18(25)26)28-12(2)23)17(24)21-9-7-20(8-10-21)14-6-4-3-5-13(14)19/h3-6,15-16H,7-10H2,1-2H3,(H,25,26)/t15-,16-/m1/s1. The van der Waals surface area contributed by atoms with E-state index in [2.05, 4.69) is 4.74 Å². The first-order valence-corrected chi connectivity index (χ1v) is 8.56. The van der Waals surface area contributed by atoms with E-state index in [0.717, 1.165) is 13.8 Å². The summed E-state index contributed by atoms with van der Waals surface area (Å²) in [5.74, 6) is -4.61. The molecule has 1 heterocycles. The molecule has 0 saturated carbocycles. The number of amides is 1. The van der Waals surface area contributed by atoms with Crippen molar-refractivity contribution in [2.24, 2.45) is 0 Å². The molecule has 0 radical (unpaired) electrons. The average molecular weight is 396 g/mol. The highest BCUT2D eigenvalue weighted by Gasteiger charge is 2.42. The Bertz CT molecular complexity index is 762. The van der Waals surface area contributed by atoms with Crippen molar-refractivity contribution in [3.8, 4) is 0 Å². The molecular formula is C18H21FN2O7. The second-order valence-corrected chi connectivity index (χ2v) is 6.16. The molecule has 28 heavy (non-hydrogen) atoms. The summed E-state index contributed by atoms with van der Waals surface area (Å²) in [5.41, 5.74) is 0.398. The van der Waals surface area contributed by atoms with Crippen LogP contribution in [0.5, 0.6) is 0 Å². The molecule has 0 spiro atoms. The predicted octanol–water partition coefficient (Wildman–Crippen LogP) is 0.422. The maximum atomic E-state index is 13.9. The van der Waals surface area contributed by atoms with E-state index in [4.69, 9.17) is 4.74 Å². The van der Waals surface area contributed by atoms with E-state index in [1.165, 1.54) is 11.0 Å². The van der Waals surface area contributed by atoms with Gasteiger partial charge in [-0.1, -0.05) is 12.1 Å². The zero-order valence-electron chi connectivity index (χ0n) is 15.5. The van der Waals surface area contributed by atoms with Crippen LogP contribution in [0.25, 0.3) is 0 Å². The predicted molar refractivity (Wildman–Crippen MR) is 93.9 cm³/mol.